The van der Waals surface area contributed by atoms with E-state index < -0.39 is 0 Å². The summed E-state index contributed by atoms with van der Waals surface area (Å²) >= 11 is 0. The lowest BCUT2D eigenvalue weighted by molar-refractivity contribution is 0.618. The molecule has 0 atom stereocenters. The van der Waals surface area contributed by atoms with Gasteiger partial charge in [-0.15, -0.1) is 0 Å². The molecule has 2 rings (SSSR count). The highest BCUT2D eigenvalue weighted by molar-refractivity contribution is 5.58. The summed E-state index contributed by atoms with van der Waals surface area (Å²) in [5.74, 6) is 0.247. The number of rotatable bonds is 1. The number of nitriles is 1. The van der Waals surface area contributed by atoms with Crippen LogP contribution in [0.2, 0.25) is 0 Å². The number of hydrogen-bond donors (Lipinski definition) is 1. The largest absolute Gasteiger partial charge is 0.384 e. The highest BCUT2D eigenvalue weighted by atomic mass is 19.1. The molecule has 0 spiro atoms. The number of nitrogens with two attached hydrogens (primary N) is 1. The first-order chi connectivity index (χ1) is 8.10. The number of anilines is 1. The number of aromatic nitrogens is 2. The maximum atomic E-state index is 13.1. The SMILES string of the molecule is Cc1cc(-c2nc(N)cc(C#N)n2)ccc1F. The Morgan fingerprint density at radius 1 is 1.29 bits per heavy atom. The van der Waals surface area contributed by atoms with Crippen LogP contribution in [0.4, 0.5) is 10.2 Å². The zero-order chi connectivity index (χ0) is 12.4. The standard InChI is InChI=1S/C12H9FN4/c1-7-4-8(2-3-10(7)13)12-16-9(6-14)5-11(15)17-12/h2-5H,1H3,(H2,15,16,17). The highest BCUT2D eigenvalue weighted by Crippen LogP contribution is 2.19. The lowest BCUT2D eigenvalue weighted by atomic mass is 10.1. The lowest BCUT2D eigenvalue weighted by Gasteiger charge is -2.03. The third-order valence-electron chi connectivity index (χ3n) is 2.28. The Labute approximate surface area is 97.6 Å². The fourth-order valence-corrected chi connectivity index (χ4v) is 1.44. The van der Waals surface area contributed by atoms with Crippen LogP contribution in [-0.4, -0.2) is 9.97 Å². The van der Waals surface area contributed by atoms with Crippen molar-refractivity contribution in [2.45, 2.75) is 6.92 Å². The van der Waals surface area contributed by atoms with Crippen LogP contribution in [-0.2, 0) is 0 Å². The number of aryl methyl sites for hydroxylation is 1. The Morgan fingerprint density at radius 3 is 2.71 bits per heavy atom. The van der Waals surface area contributed by atoms with Crippen LogP contribution in [0, 0.1) is 24.1 Å². The van der Waals surface area contributed by atoms with Crippen LogP contribution in [0.1, 0.15) is 11.3 Å². The van der Waals surface area contributed by atoms with Gasteiger partial charge in [0, 0.05) is 11.6 Å². The van der Waals surface area contributed by atoms with Gasteiger partial charge in [-0.25, -0.2) is 14.4 Å². The zero-order valence-corrected chi connectivity index (χ0v) is 9.11. The first-order valence-corrected chi connectivity index (χ1v) is 4.91. The van der Waals surface area contributed by atoms with Crippen molar-refractivity contribution in [3.8, 4) is 17.5 Å². The molecular weight excluding hydrogens is 219 g/mol. The summed E-state index contributed by atoms with van der Waals surface area (Å²) in [5.41, 5.74) is 6.88. The van der Waals surface area contributed by atoms with E-state index in [2.05, 4.69) is 9.97 Å². The molecule has 0 aliphatic heterocycles. The molecule has 2 aromatic rings. The molecule has 84 valence electrons. The summed E-state index contributed by atoms with van der Waals surface area (Å²) < 4.78 is 13.1. The van der Waals surface area contributed by atoms with E-state index in [0.29, 0.717) is 17.0 Å². The quantitative estimate of drug-likeness (QED) is 0.810. The van der Waals surface area contributed by atoms with E-state index in [1.165, 1.54) is 12.1 Å². The second kappa shape index (κ2) is 4.18. The number of hydrogen-bond acceptors (Lipinski definition) is 4. The molecule has 0 saturated carbocycles. The summed E-state index contributed by atoms with van der Waals surface area (Å²) in [6, 6.07) is 7.79. The molecule has 1 aromatic heterocycles. The van der Waals surface area contributed by atoms with E-state index >= 15 is 0 Å². The molecule has 2 N–H and O–H groups in total. The Morgan fingerprint density at radius 2 is 2.06 bits per heavy atom. The molecule has 1 aromatic carbocycles. The third kappa shape index (κ3) is 2.21. The predicted octanol–water partition coefficient (Wildman–Crippen LogP) is 2.04. The smallest absolute Gasteiger partial charge is 0.162 e. The average Bonchev–Trinajstić information content (AvgIpc) is 2.32. The monoisotopic (exact) mass is 228 g/mol. The van der Waals surface area contributed by atoms with Crippen LogP contribution >= 0.6 is 0 Å². The van der Waals surface area contributed by atoms with Crippen molar-refractivity contribution in [3.63, 3.8) is 0 Å². The van der Waals surface area contributed by atoms with E-state index in [4.69, 9.17) is 11.0 Å². The number of nitrogens with zero attached hydrogens (tertiary/aromatic N) is 3. The minimum Gasteiger partial charge on any atom is -0.384 e. The number of nitrogen functional groups attached to an aromatic ring is 1. The summed E-state index contributed by atoms with van der Waals surface area (Å²) in [6.45, 7) is 1.65. The van der Waals surface area contributed by atoms with Gasteiger partial charge < -0.3 is 5.73 Å². The molecule has 5 heteroatoms. The van der Waals surface area contributed by atoms with E-state index in [9.17, 15) is 4.39 Å². The van der Waals surface area contributed by atoms with Crippen molar-refractivity contribution in [3.05, 3.63) is 41.3 Å². The highest BCUT2D eigenvalue weighted by Gasteiger charge is 2.07. The van der Waals surface area contributed by atoms with Crippen molar-refractivity contribution < 1.29 is 4.39 Å². The number of benzene rings is 1. The molecule has 0 radical (unpaired) electrons. The molecule has 1 heterocycles. The molecule has 0 bridgehead atoms. The summed E-state index contributed by atoms with van der Waals surface area (Å²) in [4.78, 5) is 8.03. The first-order valence-electron chi connectivity index (χ1n) is 4.91. The molecule has 0 aliphatic rings. The Balaban J connectivity index is 2.56. The van der Waals surface area contributed by atoms with Gasteiger partial charge in [-0.2, -0.15) is 5.26 Å². The maximum absolute atomic E-state index is 13.1. The van der Waals surface area contributed by atoms with Gasteiger partial charge in [0.2, 0.25) is 0 Å². The van der Waals surface area contributed by atoms with Crippen molar-refractivity contribution in [2.24, 2.45) is 0 Å². The molecular formula is C12H9FN4. The Bertz CT molecular complexity index is 616. The van der Waals surface area contributed by atoms with E-state index in [0.717, 1.165) is 0 Å². The second-order valence-corrected chi connectivity index (χ2v) is 3.58. The van der Waals surface area contributed by atoms with E-state index in [-0.39, 0.29) is 17.3 Å². The maximum Gasteiger partial charge on any atom is 0.162 e. The lowest BCUT2D eigenvalue weighted by Crippen LogP contribution is -1.98. The summed E-state index contributed by atoms with van der Waals surface area (Å²) in [7, 11) is 0. The molecule has 17 heavy (non-hydrogen) atoms. The molecule has 0 aliphatic carbocycles. The van der Waals surface area contributed by atoms with E-state index in [1.807, 2.05) is 6.07 Å². The zero-order valence-electron chi connectivity index (χ0n) is 9.11. The van der Waals surface area contributed by atoms with Crippen LogP contribution < -0.4 is 5.73 Å². The normalized spacial score (nSPS) is 9.94. The van der Waals surface area contributed by atoms with Gasteiger partial charge >= 0.3 is 0 Å². The van der Waals surface area contributed by atoms with Gasteiger partial charge in [0.15, 0.2) is 5.82 Å². The molecule has 0 unspecified atom stereocenters. The van der Waals surface area contributed by atoms with Gasteiger partial charge in [0.25, 0.3) is 0 Å². The van der Waals surface area contributed by atoms with Crippen molar-refractivity contribution in [2.75, 3.05) is 5.73 Å². The average molecular weight is 228 g/mol. The van der Waals surface area contributed by atoms with Gasteiger partial charge in [-0.05, 0) is 30.7 Å². The third-order valence-corrected chi connectivity index (χ3v) is 2.28. The number of halogens is 1. The molecule has 0 fully saturated rings. The van der Waals surface area contributed by atoms with Gasteiger partial charge in [0.05, 0.1) is 0 Å². The minimum absolute atomic E-state index is 0.189. The fourth-order valence-electron chi connectivity index (χ4n) is 1.44. The van der Waals surface area contributed by atoms with Gasteiger partial charge in [0.1, 0.15) is 23.4 Å². The topological polar surface area (TPSA) is 75.6 Å². The van der Waals surface area contributed by atoms with Crippen LogP contribution in [0.25, 0.3) is 11.4 Å². The van der Waals surface area contributed by atoms with Gasteiger partial charge in [-0.1, -0.05) is 0 Å². The van der Waals surface area contributed by atoms with Crippen molar-refractivity contribution in [1.82, 2.24) is 9.97 Å². The van der Waals surface area contributed by atoms with Crippen molar-refractivity contribution in [1.29, 1.82) is 5.26 Å². The summed E-state index contributed by atoms with van der Waals surface area (Å²) in [6.07, 6.45) is 0. The fraction of sp³-hybridized carbons (Fsp3) is 0.0833. The summed E-state index contributed by atoms with van der Waals surface area (Å²) in [5, 5.41) is 8.78. The van der Waals surface area contributed by atoms with Crippen LogP contribution in [0.15, 0.2) is 24.3 Å². The van der Waals surface area contributed by atoms with Crippen LogP contribution in [0.5, 0.6) is 0 Å². The Hall–Kier alpha value is -2.48. The molecule has 0 saturated heterocycles. The minimum atomic E-state index is -0.293. The first kappa shape index (κ1) is 11.0. The second-order valence-electron chi connectivity index (χ2n) is 3.58. The molecule has 4 nitrogen and oxygen atoms in total. The predicted molar refractivity (Wildman–Crippen MR) is 61.3 cm³/mol. The van der Waals surface area contributed by atoms with Crippen molar-refractivity contribution >= 4 is 5.82 Å². The Kier molecular flexibility index (Phi) is 2.71. The molecule has 0 amide bonds. The van der Waals surface area contributed by atoms with Crippen LogP contribution in [0.3, 0.4) is 0 Å². The van der Waals surface area contributed by atoms with E-state index in [1.54, 1.807) is 19.1 Å². The van der Waals surface area contributed by atoms with Gasteiger partial charge in [-0.3, -0.25) is 0 Å².